The highest BCUT2D eigenvalue weighted by Crippen LogP contribution is 2.37. The molecule has 176 valence electrons. The number of nitrogens with zero attached hydrogens (tertiary/aromatic N) is 1. The Balaban J connectivity index is 1.86. The summed E-state index contributed by atoms with van der Waals surface area (Å²) in [6.07, 6.45) is 0. The van der Waals surface area contributed by atoms with E-state index in [1.54, 1.807) is 37.3 Å². The average molecular weight is 505 g/mol. The number of rotatable bonds is 7. The van der Waals surface area contributed by atoms with Crippen molar-refractivity contribution in [2.75, 3.05) is 0 Å². The molecule has 0 radical (unpaired) electrons. The molecule has 12 heteroatoms. The number of hydrogen-bond acceptors (Lipinski definition) is 6. The number of fused-ring (bicyclic) bond motifs is 1. The summed E-state index contributed by atoms with van der Waals surface area (Å²) in [5.41, 5.74) is 5.18. The monoisotopic (exact) mass is 504 g/mol. The molecule has 4 aromatic rings. The minimum Gasteiger partial charge on any atom is -0.391 e. The Hall–Kier alpha value is -3.54. The standard InChI is InChI=1S/C22H18ClFN4O5S/c1-11(18-14-5-3-2-4-12(14)6-8-16(18)24)19(21-26-27-22(30)33-21)28-34(31,32)17-9-7-13(23)10-15(17)20(25)29/h2-11,19,28H,1H3,(H2,25,29)(H,27,30). The molecule has 2 atom stereocenters. The lowest BCUT2D eigenvalue weighted by atomic mass is 9.89. The summed E-state index contributed by atoms with van der Waals surface area (Å²) >= 11 is 5.89. The lowest BCUT2D eigenvalue weighted by Gasteiger charge is -2.24. The number of H-pyrrole nitrogens is 1. The zero-order valence-electron chi connectivity index (χ0n) is 17.6. The maximum Gasteiger partial charge on any atom is 0.434 e. The van der Waals surface area contributed by atoms with Crippen LogP contribution in [0.3, 0.4) is 0 Å². The third-order valence-corrected chi connectivity index (χ3v) is 7.11. The van der Waals surface area contributed by atoms with Gasteiger partial charge in [-0.15, -0.1) is 5.10 Å². The van der Waals surface area contributed by atoms with Crippen molar-refractivity contribution in [2.24, 2.45) is 5.73 Å². The smallest absolute Gasteiger partial charge is 0.391 e. The van der Waals surface area contributed by atoms with E-state index in [1.165, 1.54) is 12.1 Å². The minimum atomic E-state index is -4.46. The van der Waals surface area contributed by atoms with Gasteiger partial charge in [-0.05, 0) is 35.0 Å². The molecule has 34 heavy (non-hydrogen) atoms. The summed E-state index contributed by atoms with van der Waals surface area (Å²) < 4.78 is 49.1. The molecule has 1 heterocycles. The number of aromatic nitrogens is 2. The normalized spacial score (nSPS) is 13.6. The highest BCUT2D eigenvalue weighted by Gasteiger charge is 2.34. The van der Waals surface area contributed by atoms with Gasteiger partial charge in [-0.1, -0.05) is 48.9 Å². The van der Waals surface area contributed by atoms with Gasteiger partial charge in [-0.3, -0.25) is 4.79 Å². The molecule has 2 unspecified atom stereocenters. The molecule has 0 spiro atoms. The summed E-state index contributed by atoms with van der Waals surface area (Å²) in [7, 11) is -4.46. The largest absolute Gasteiger partial charge is 0.434 e. The SMILES string of the molecule is CC(c1c(F)ccc2ccccc12)C(NS(=O)(=O)c1ccc(Cl)cc1C(N)=O)c1n[nH]c(=O)o1. The van der Waals surface area contributed by atoms with E-state index in [4.69, 9.17) is 21.8 Å². The number of carbonyl (C=O) groups excluding carboxylic acids is 1. The van der Waals surface area contributed by atoms with Crippen molar-refractivity contribution in [3.05, 3.63) is 93.0 Å². The van der Waals surface area contributed by atoms with Crippen LogP contribution >= 0.6 is 11.6 Å². The van der Waals surface area contributed by atoms with Crippen molar-refractivity contribution < 1.29 is 22.0 Å². The van der Waals surface area contributed by atoms with Gasteiger partial charge >= 0.3 is 5.76 Å². The number of hydrogen-bond donors (Lipinski definition) is 3. The van der Waals surface area contributed by atoms with Crippen LogP contribution in [0.25, 0.3) is 10.8 Å². The van der Waals surface area contributed by atoms with Crippen molar-refractivity contribution in [2.45, 2.75) is 23.8 Å². The fourth-order valence-electron chi connectivity index (χ4n) is 3.80. The molecule has 0 aliphatic rings. The number of benzene rings is 3. The quantitative estimate of drug-likeness (QED) is 0.352. The maximum absolute atomic E-state index is 15.0. The average Bonchev–Trinajstić information content (AvgIpc) is 3.22. The van der Waals surface area contributed by atoms with Crippen LogP contribution in [-0.4, -0.2) is 24.5 Å². The van der Waals surface area contributed by atoms with Gasteiger partial charge < -0.3 is 10.2 Å². The van der Waals surface area contributed by atoms with E-state index >= 15 is 4.39 Å². The predicted octanol–water partition coefficient (Wildman–Crippen LogP) is 3.23. The van der Waals surface area contributed by atoms with Gasteiger partial charge in [-0.2, -0.15) is 4.72 Å². The highest BCUT2D eigenvalue weighted by molar-refractivity contribution is 7.89. The van der Waals surface area contributed by atoms with E-state index in [1.807, 2.05) is 0 Å². The number of amides is 1. The van der Waals surface area contributed by atoms with Gasteiger partial charge in [0.1, 0.15) is 11.9 Å². The van der Waals surface area contributed by atoms with Gasteiger partial charge in [0.2, 0.25) is 21.8 Å². The third-order valence-electron chi connectivity index (χ3n) is 5.37. The second-order valence-corrected chi connectivity index (χ2v) is 9.64. The second-order valence-electron chi connectivity index (χ2n) is 7.53. The number of carbonyl (C=O) groups is 1. The molecule has 4 rings (SSSR count). The first-order valence-corrected chi connectivity index (χ1v) is 11.8. The van der Waals surface area contributed by atoms with Crippen molar-refractivity contribution in [1.82, 2.24) is 14.9 Å². The van der Waals surface area contributed by atoms with Crippen LogP contribution in [-0.2, 0) is 10.0 Å². The summed E-state index contributed by atoms with van der Waals surface area (Å²) in [6, 6.07) is 12.0. The Morgan fingerprint density at radius 2 is 1.94 bits per heavy atom. The van der Waals surface area contributed by atoms with Crippen LogP contribution in [0.2, 0.25) is 5.02 Å². The first-order valence-electron chi connectivity index (χ1n) is 9.92. The zero-order valence-corrected chi connectivity index (χ0v) is 19.2. The Bertz CT molecular complexity index is 1570. The molecule has 1 amide bonds. The Morgan fingerprint density at radius 1 is 1.21 bits per heavy atom. The summed E-state index contributed by atoms with van der Waals surface area (Å²) in [4.78, 5) is 23.1. The van der Waals surface area contributed by atoms with Gasteiger partial charge in [0, 0.05) is 16.5 Å². The van der Waals surface area contributed by atoms with Crippen LogP contribution in [0.4, 0.5) is 4.39 Å². The molecule has 3 aromatic carbocycles. The molecule has 0 fully saturated rings. The molecule has 0 saturated carbocycles. The van der Waals surface area contributed by atoms with Crippen molar-refractivity contribution >= 4 is 38.3 Å². The fourth-order valence-corrected chi connectivity index (χ4v) is 5.43. The van der Waals surface area contributed by atoms with E-state index in [0.29, 0.717) is 5.39 Å². The van der Waals surface area contributed by atoms with Crippen molar-refractivity contribution in [3.63, 3.8) is 0 Å². The van der Waals surface area contributed by atoms with Gasteiger partial charge in [0.05, 0.1) is 10.5 Å². The molecule has 4 N–H and O–H groups in total. The van der Waals surface area contributed by atoms with Gasteiger partial charge in [0.15, 0.2) is 0 Å². The predicted molar refractivity (Wildman–Crippen MR) is 122 cm³/mol. The van der Waals surface area contributed by atoms with Crippen LogP contribution in [0.5, 0.6) is 0 Å². The first kappa shape index (κ1) is 23.6. The van der Waals surface area contributed by atoms with E-state index < -0.39 is 44.4 Å². The molecule has 0 bridgehead atoms. The Kier molecular flexibility index (Phi) is 6.26. The highest BCUT2D eigenvalue weighted by atomic mass is 35.5. The Labute approximate surface area is 197 Å². The van der Waals surface area contributed by atoms with Crippen molar-refractivity contribution in [1.29, 1.82) is 0 Å². The minimum absolute atomic E-state index is 0.105. The van der Waals surface area contributed by atoms with E-state index in [0.717, 1.165) is 17.5 Å². The molecule has 1 aromatic heterocycles. The van der Waals surface area contributed by atoms with Crippen LogP contribution < -0.4 is 16.2 Å². The first-order chi connectivity index (χ1) is 16.1. The van der Waals surface area contributed by atoms with E-state index in [9.17, 15) is 18.0 Å². The number of nitrogens with two attached hydrogens (primary N) is 1. The number of primary amides is 1. The van der Waals surface area contributed by atoms with Crippen LogP contribution in [0.15, 0.2) is 68.7 Å². The summed E-state index contributed by atoms with van der Waals surface area (Å²) in [6.45, 7) is 1.56. The zero-order chi connectivity index (χ0) is 24.6. The van der Waals surface area contributed by atoms with Crippen LogP contribution in [0, 0.1) is 5.82 Å². The van der Waals surface area contributed by atoms with Gasteiger partial charge in [0.25, 0.3) is 0 Å². The summed E-state index contributed by atoms with van der Waals surface area (Å²) in [5, 5.41) is 7.21. The second kappa shape index (κ2) is 9.01. The van der Waals surface area contributed by atoms with Crippen molar-refractivity contribution in [3.8, 4) is 0 Å². The van der Waals surface area contributed by atoms with Crippen LogP contribution in [0.1, 0.15) is 40.7 Å². The van der Waals surface area contributed by atoms with Gasteiger partial charge in [-0.25, -0.2) is 22.7 Å². The molecule has 0 saturated heterocycles. The molecule has 9 nitrogen and oxygen atoms in total. The lowest BCUT2D eigenvalue weighted by molar-refractivity contribution is 0.0997. The molecular formula is C22H18ClFN4O5S. The topological polar surface area (TPSA) is 148 Å². The summed E-state index contributed by atoms with van der Waals surface area (Å²) in [5.74, 6) is -3.75. The van der Waals surface area contributed by atoms with E-state index in [-0.39, 0.29) is 22.0 Å². The number of aromatic amines is 1. The number of sulfonamides is 1. The third kappa shape index (κ3) is 4.45. The Morgan fingerprint density at radius 3 is 2.62 bits per heavy atom. The number of halogens is 2. The number of nitrogens with one attached hydrogen (secondary N) is 2. The molecular weight excluding hydrogens is 487 g/mol. The fraction of sp³-hybridized carbons (Fsp3) is 0.136. The molecule has 0 aliphatic carbocycles. The molecule has 0 aliphatic heterocycles. The maximum atomic E-state index is 15.0. The lowest BCUT2D eigenvalue weighted by Crippen LogP contribution is -2.34. The van der Waals surface area contributed by atoms with E-state index in [2.05, 4.69) is 14.9 Å².